The third kappa shape index (κ3) is 4.27. The topological polar surface area (TPSA) is 55.4 Å². The van der Waals surface area contributed by atoms with E-state index in [4.69, 9.17) is 4.74 Å². The second-order valence-electron chi connectivity index (χ2n) is 5.14. The van der Waals surface area contributed by atoms with Crippen LogP contribution in [0.3, 0.4) is 0 Å². The van der Waals surface area contributed by atoms with Crippen LogP contribution in [0.5, 0.6) is 5.75 Å². The zero-order chi connectivity index (χ0) is 18.0. The van der Waals surface area contributed by atoms with Crippen molar-refractivity contribution in [1.82, 2.24) is 4.72 Å². The predicted molar refractivity (Wildman–Crippen MR) is 83.2 cm³/mol. The number of nitrogens with one attached hydrogen (secondary N) is 1. The maximum atomic E-state index is 12.7. The second-order valence-corrected chi connectivity index (χ2v) is 6.86. The van der Waals surface area contributed by atoms with Gasteiger partial charge in [-0.15, -0.1) is 0 Å². The van der Waals surface area contributed by atoms with Crippen molar-refractivity contribution in [1.29, 1.82) is 0 Å². The van der Waals surface area contributed by atoms with Crippen LogP contribution in [0, 0.1) is 0 Å². The highest BCUT2D eigenvalue weighted by Gasteiger charge is 2.31. The minimum atomic E-state index is -4.60. The van der Waals surface area contributed by atoms with Gasteiger partial charge >= 0.3 is 6.18 Å². The van der Waals surface area contributed by atoms with E-state index in [1.807, 2.05) is 0 Å². The van der Waals surface area contributed by atoms with E-state index in [-0.39, 0.29) is 0 Å². The summed E-state index contributed by atoms with van der Waals surface area (Å²) in [6, 6.07) is 9.71. The minimum Gasteiger partial charge on any atom is -0.497 e. The molecule has 0 aliphatic carbocycles. The highest BCUT2D eigenvalue weighted by molar-refractivity contribution is 7.89. The van der Waals surface area contributed by atoms with Crippen molar-refractivity contribution in [2.24, 2.45) is 0 Å². The van der Waals surface area contributed by atoms with E-state index in [2.05, 4.69) is 4.72 Å². The van der Waals surface area contributed by atoms with Crippen molar-refractivity contribution in [3.8, 4) is 5.75 Å². The Morgan fingerprint density at radius 3 is 2.25 bits per heavy atom. The summed E-state index contributed by atoms with van der Waals surface area (Å²) in [5.41, 5.74) is -0.353. The molecule has 0 unspecified atom stereocenters. The molecule has 0 spiro atoms. The first-order chi connectivity index (χ1) is 11.1. The van der Waals surface area contributed by atoms with Gasteiger partial charge in [-0.3, -0.25) is 0 Å². The molecule has 0 saturated heterocycles. The summed E-state index contributed by atoms with van der Waals surface area (Å²) in [6.45, 7) is 1.60. The molecular formula is C16H16F3NO3S. The van der Waals surface area contributed by atoms with Gasteiger partial charge in [0.25, 0.3) is 0 Å². The Bertz CT molecular complexity index is 802. The Morgan fingerprint density at radius 2 is 1.71 bits per heavy atom. The van der Waals surface area contributed by atoms with E-state index < -0.39 is 32.7 Å². The van der Waals surface area contributed by atoms with E-state index in [0.717, 1.165) is 18.2 Å². The minimum absolute atomic E-state index is 0.433. The van der Waals surface area contributed by atoms with E-state index in [1.54, 1.807) is 31.2 Å². The first-order valence-electron chi connectivity index (χ1n) is 6.97. The predicted octanol–water partition coefficient (Wildman–Crippen LogP) is 3.75. The molecule has 0 amide bonds. The van der Waals surface area contributed by atoms with Gasteiger partial charge in [-0.2, -0.15) is 13.2 Å². The molecule has 8 heteroatoms. The Hall–Kier alpha value is -2.06. The van der Waals surface area contributed by atoms with E-state index in [0.29, 0.717) is 17.4 Å². The number of sulfonamides is 1. The van der Waals surface area contributed by atoms with Crippen LogP contribution >= 0.6 is 0 Å². The third-order valence-corrected chi connectivity index (χ3v) is 4.96. The summed E-state index contributed by atoms with van der Waals surface area (Å²) in [6.07, 6.45) is -4.60. The first kappa shape index (κ1) is 18.3. The average Bonchev–Trinajstić information content (AvgIpc) is 2.54. The molecule has 1 N–H and O–H groups in total. The normalized spacial score (nSPS) is 13.5. The fourth-order valence-electron chi connectivity index (χ4n) is 2.10. The lowest BCUT2D eigenvalue weighted by atomic mass is 10.1. The largest absolute Gasteiger partial charge is 0.497 e. The molecule has 0 saturated carbocycles. The number of methoxy groups -OCH3 is 1. The summed E-state index contributed by atoms with van der Waals surface area (Å²) in [7, 11) is -2.58. The number of alkyl halides is 3. The molecule has 4 nitrogen and oxygen atoms in total. The lowest BCUT2D eigenvalue weighted by Gasteiger charge is -2.16. The zero-order valence-electron chi connectivity index (χ0n) is 13.0. The van der Waals surface area contributed by atoms with Crippen LogP contribution in [-0.4, -0.2) is 15.5 Å². The molecule has 0 aliphatic heterocycles. The van der Waals surface area contributed by atoms with Gasteiger partial charge in [0.1, 0.15) is 5.75 Å². The third-order valence-electron chi connectivity index (χ3n) is 3.42. The molecular weight excluding hydrogens is 343 g/mol. The number of rotatable bonds is 5. The Labute approximate surface area is 138 Å². The molecule has 0 aliphatic rings. The maximum Gasteiger partial charge on any atom is 0.416 e. The van der Waals surface area contributed by atoms with Crippen molar-refractivity contribution in [3.63, 3.8) is 0 Å². The van der Waals surface area contributed by atoms with Gasteiger partial charge in [0.2, 0.25) is 10.0 Å². The van der Waals surface area contributed by atoms with E-state index in [1.165, 1.54) is 7.11 Å². The Morgan fingerprint density at radius 1 is 1.08 bits per heavy atom. The molecule has 1 atom stereocenters. The summed E-state index contributed by atoms with van der Waals surface area (Å²) in [4.78, 5) is -0.433. The number of benzene rings is 2. The average molecular weight is 359 g/mol. The van der Waals surface area contributed by atoms with Crippen molar-refractivity contribution >= 4 is 10.0 Å². The molecule has 2 aromatic carbocycles. The fourth-order valence-corrected chi connectivity index (χ4v) is 3.38. The number of ether oxygens (including phenoxy) is 1. The number of halogens is 3. The van der Waals surface area contributed by atoms with Gasteiger partial charge in [-0.25, -0.2) is 13.1 Å². The van der Waals surface area contributed by atoms with E-state index >= 15 is 0 Å². The smallest absolute Gasteiger partial charge is 0.416 e. The zero-order valence-corrected chi connectivity index (χ0v) is 13.8. The Balaban J connectivity index is 2.24. The summed E-state index contributed by atoms with van der Waals surface area (Å²) in [5, 5.41) is 0. The van der Waals surface area contributed by atoms with Crippen LogP contribution in [0.15, 0.2) is 53.4 Å². The molecule has 2 aromatic rings. The van der Waals surface area contributed by atoms with Crippen molar-refractivity contribution < 1.29 is 26.3 Å². The molecule has 2 rings (SSSR count). The second kappa shape index (κ2) is 6.82. The van der Waals surface area contributed by atoms with Crippen LogP contribution in [0.4, 0.5) is 13.2 Å². The summed E-state index contributed by atoms with van der Waals surface area (Å²) < 4.78 is 70.2. The quantitative estimate of drug-likeness (QED) is 0.885. The standard InChI is InChI=1S/C16H16F3NO3S/c1-11(12-6-8-14(23-2)9-7-12)20-24(21,22)15-5-3-4-13(10-15)16(17,18)19/h3-11,20H,1-2H3/t11-/m0/s1. The fraction of sp³-hybridized carbons (Fsp3) is 0.250. The highest BCUT2D eigenvalue weighted by Crippen LogP contribution is 2.30. The monoisotopic (exact) mass is 359 g/mol. The van der Waals surface area contributed by atoms with Gasteiger partial charge in [-0.05, 0) is 42.8 Å². The van der Waals surface area contributed by atoms with Crippen LogP contribution in [-0.2, 0) is 16.2 Å². The Kier molecular flexibility index (Phi) is 5.19. The lowest BCUT2D eigenvalue weighted by molar-refractivity contribution is -0.137. The molecule has 130 valence electrons. The molecule has 24 heavy (non-hydrogen) atoms. The molecule has 0 aromatic heterocycles. The van der Waals surface area contributed by atoms with Crippen LogP contribution in [0.2, 0.25) is 0 Å². The lowest BCUT2D eigenvalue weighted by Crippen LogP contribution is -2.27. The molecule has 0 fully saturated rings. The van der Waals surface area contributed by atoms with Crippen molar-refractivity contribution in [2.75, 3.05) is 7.11 Å². The van der Waals surface area contributed by atoms with Gasteiger partial charge in [0.15, 0.2) is 0 Å². The van der Waals surface area contributed by atoms with Gasteiger partial charge in [-0.1, -0.05) is 18.2 Å². The molecule has 0 radical (unpaired) electrons. The van der Waals surface area contributed by atoms with Crippen LogP contribution < -0.4 is 9.46 Å². The number of hydrogen-bond acceptors (Lipinski definition) is 3. The van der Waals surface area contributed by atoms with Gasteiger partial charge in [0.05, 0.1) is 17.6 Å². The number of hydrogen-bond donors (Lipinski definition) is 1. The highest BCUT2D eigenvalue weighted by atomic mass is 32.2. The SMILES string of the molecule is COc1ccc([C@H](C)NS(=O)(=O)c2cccc(C(F)(F)F)c2)cc1. The summed E-state index contributed by atoms with van der Waals surface area (Å²) >= 11 is 0. The van der Waals surface area contributed by atoms with E-state index in [9.17, 15) is 21.6 Å². The van der Waals surface area contributed by atoms with Crippen LogP contribution in [0.25, 0.3) is 0 Å². The van der Waals surface area contributed by atoms with Crippen LogP contribution in [0.1, 0.15) is 24.1 Å². The van der Waals surface area contributed by atoms with Gasteiger partial charge in [0, 0.05) is 6.04 Å². The summed E-state index contributed by atoms with van der Waals surface area (Å²) in [5.74, 6) is 0.617. The maximum absolute atomic E-state index is 12.7. The van der Waals surface area contributed by atoms with Crippen molar-refractivity contribution in [3.05, 3.63) is 59.7 Å². The molecule has 0 heterocycles. The van der Waals surface area contributed by atoms with Gasteiger partial charge < -0.3 is 4.74 Å². The van der Waals surface area contributed by atoms with Crippen molar-refractivity contribution in [2.45, 2.75) is 24.0 Å². The first-order valence-corrected chi connectivity index (χ1v) is 8.45. The molecule has 0 bridgehead atoms.